The molecule has 1 saturated heterocycles. The van der Waals surface area contributed by atoms with Gasteiger partial charge in [-0.25, -0.2) is 4.39 Å². The molecule has 2 fully saturated rings. The number of alkyl halides is 3. The van der Waals surface area contributed by atoms with Crippen molar-refractivity contribution < 1.29 is 31.8 Å². The van der Waals surface area contributed by atoms with E-state index in [1.54, 1.807) is 0 Å². The first-order valence-corrected chi connectivity index (χ1v) is 9.88. The maximum absolute atomic E-state index is 14.5. The molecule has 1 aromatic carbocycles. The van der Waals surface area contributed by atoms with Gasteiger partial charge in [0, 0.05) is 18.2 Å². The average Bonchev–Trinajstić information content (AvgIpc) is 3.22. The van der Waals surface area contributed by atoms with Gasteiger partial charge in [0.25, 0.3) is 0 Å². The van der Waals surface area contributed by atoms with Gasteiger partial charge in [-0.15, -0.1) is 0 Å². The Hall–Kier alpha value is -2.03. The quantitative estimate of drug-likeness (QED) is 0.692. The standard InChI is InChI=1S/C20H26F4N2O3/c1-28-17-10-18(29-14-6-4-13(5-7-14)20(22,23)24)15(21)9-12(17)11-26-19(27)16-3-2-8-25-16/h9-10,13-14,16,25H,2-8,11H2,1H3,(H,26,27)/t13-,14-,16-/m0/s1. The van der Waals surface area contributed by atoms with Crippen molar-refractivity contribution in [3.63, 3.8) is 0 Å². The molecule has 0 spiro atoms. The van der Waals surface area contributed by atoms with Crippen molar-refractivity contribution in [1.82, 2.24) is 10.6 Å². The molecular formula is C20H26F4N2O3. The average molecular weight is 418 g/mol. The van der Waals surface area contributed by atoms with Crippen molar-refractivity contribution in [1.29, 1.82) is 0 Å². The topological polar surface area (TPSA) is 59.6 Å². The minimum Gasteiger partial charge on any atom is -0.496 e. The molecule has 29 heavy (non-hydrogen) atoms. The molecule has 1 heterocycles. The van der Waals surface area contributed by atoms with Gasteiger partial charge in [-0.3, -0.25) is 4.79 Å². The van der Waals surface area contributed by atoms with Crippen LogP contribution in [0.1, 0.15) is 44.1 Å². The number of carbonyl (C=O) groups is 1. The number of ether oxygens (including phenoxy) is 2. The first kappa shape index (κ1) is 21.7. The van der Waals surface area contributed by atoms with Crippen molar-refractivity contribution in [3.05, 3.63) is 23.5 Å². The van der Waals surface area contributed by atoms with E-state index in [0.29, 0.717) is 11.3 Å². The van der Waals surface area contributed by atoms with Crippen LogP contribution in [0.3, 0.4) is 0 Å². The van der Waals surface area contributed by atoms with E-state index in [-0.39, 0.29) is 49.9 Å². The molecule has 1 atom stereocenters. The second-order valence-corrected chi connectivity index (χ2v) is 7.59. The van der Waals surface area contributed by atoms with Crippen molar-refractivity contribution in [2.75, 3.05) is 13.7 Å². The number of hydrogen-bond donors (Lipinski definition) is 2. The van der Waals surface area contributed by atoms with Crippen molar-refractivity contribution in [2.24, 2.45) is 5.92 Å². The number of rotatable bonds is 6. The van der Waals surface area contributed by atoms with Crippen LogP contribution < -0.4 is 20.1 Å². The Morgan fingerprint density at radius 2 is 1.90 bits per heavy atom. The zero-order valence-electron chi connectivity index (χ0n) is 16.3. The number of benzene rings is 1. The van der Waals surface area contributed by atoms with E-state index in [1.165, 1.54) is 19.2 Å². The fourth-order valence-corrected chi connectivity index (χ4v) is 3.90. The van der Waals surface area contributed by atoms with E-state index in [1.807, 2.05) is 0 Å². The summed E-state index contributed by atoms with van der Waals surface area (Å²) in [6, 6.07) is 2.39. The molecule has 162 valence electrons. The van der Waals surface area contributed by atoms with Crippen LogP contribution in [0.25, 0.3) is 0 Å². The molecule has 2 N–H and O–H groups in total. The highest BCUT2D eigenvalue weighted by Gasteiger charge is 2.41. The molecule has 3 rings (SSSR count). The second kappa shape index (κ2) is 9.19. The maximum atomic E-state index is 14.5. The summed E-state index contributed by atoms with van der Waals surface area (Å²) in [5, 5.41) is 5.86. The summed E-state index contributed by atoms with van der Waals surface area (Å²) in [4.78, 5) is 12.1. The van der Waals surface area contributed by atoms with Crippen LogP contribution >= 0.6 is 0 Å². The Bertz CT molecular complexity index is 712. The van der Waals surface area contributed by atoms with Crippen molar-refractivity contribution in [2.45, 2.75) is 63.4 Å². The molecule has 1 aliphatic heterocycles. The van der Waals surface area contributed by atoms with E-state index >= 15 is 0 Å². The predicted octanol–water partition coefficient (Wildman–Crippen LogP) is 3.70. The fourth-order valence-electron chi connectivity index (χ4n) is 3.90. The molecule has 9 heteroatoms. The lowest BCUT2D eigenvalue weighted by atomic mass is 9.87. The van der Waals surface area contributed by atoms with Gasteiger partial charge in [-0.1, -0.05) is 0 Å². The first-order chi connectivity index (χ1) is 13.8. The monoisotopic (exact) mass is 418 g/mol. The summed E-state index contributed by atoms with van der Waals surface area (Å²) in [5.41, 5.74) is 0.462. The molecule has 1 aromatic rings. The minimum absolute atomic E-state index is 0.0216. The number of hydrogen-bond acceptors (Lipinski definition) is 4. The first-order valence-electron chi connectivity index (χ1n) is 9.88. The number of nitrogens with one attached hydrogen (secondary N) is 2. The van der Waals surface area contributed by atoms with Gasteiger partial charge in [-0.2, -0.15) is 13.2 Å². The molecule has 2 aliphatic rings. The van der Waals surface area contributed by atoms with Gasteiger partial charge in [-0.05, 0) is 51.1 Å². The van der Waals surface area contributed by atoms with E-state index in [9.17, 15) is 22.4 Å². The largest absolute Gasteiger partial charge is 0.496 e. The third-order valence-electron chi connectivity index (χ3n) is 5.60. The number of methoxy groups -OCH3 is 1. The number of carbonyl (C=O) groups excluding carboxylic acids is 1. The molecule has 1 aliphatic carbocycles. The summed E-state index contributed by atoms with van der Waals surface area (Å²) in [6.45, 7) is 0.904. The Morgan fingerprint density at radius 1 is 1.17 bits per heavy atom. The van der Waals surface area contributed by atoms with Crippen molar-refractivity contribution >= 4 is 5.91 Å². The summed E-state index contributed by atoms with van der Waals surface area (Å²) in [6.07, 6.45) is -2.56. The number of halogens is 4. The Morgan fingerprint density at radius 3 is 2.48 bits per heavy atom. The molecule has 0 bridgehead atoms. The highest BCUT2D eigenvalue weighted by atomic mass is 19.4. The molecular weight excluding hydrogens is 392 g/mol. The lowest BCUT2D eigenvalue weighted by molar-refractivity contribution is -0.185. The molecule has 5 nitrogen and oxygen atoms in total. The van der Waals surface area contributed by atoms with Crippen LogP contribution in [-0.4, -0.2) is 37.9 Å². The van der Waals surface area contributed by atoms with Gasteiger partial charge < -0.3 is 20.1 Å². The predicted molar refractivity (Wildman–Crippen MR) is 98.3 cm³/mol. The SMILES string of the molecule is COc1cc(O[C@H]2CC[C@H](C(F)(F)F)CC2)c(F)cc1CNC(=O)[C@@H]1CCCN1. The molecule has 1 saturated carbocycles. The van der Waals surface area contributed by atoms with E-state index in [0.717, 1.165) is 19.4 Å². The van der Waals surface area contributed by atoms with Crippen molar-refractivity contribution in [3.8, 4) is 11.5 Å². The van der Waals surface area contributed by atoms with Crippen LogP contribution in [0.15, 0.2) is 12.1 Å². The Kier molecular flexibility index (Phi) is 6.87. The third-order valence-corrected chi connectivity index (χ3v) is 5.60. The van der Waals surface area contributed by atoms with Crippen LogP contribution in [0.2, 0.25) is 0 Å². The minimum atomic E-state index is -4.19. The van der Waals surface area contributed by atoms with Gasteiger partial charge in [0.15, 0.2) is 11.6 Å². The fraction of sp³-hybridized carbons (Fsp3) is 0.650. The zero-order chi connectivity index (χ0) is 21.0. The van der Waals surface area contributed by atoms with Gasteiger partial charge in [0.2, 0.25) is 5.91 Å². The summed E-state index contributed by atoms with van der Waals surface area (Å²) in [5.74, 6) is -1.80. The third kappa shape index (κ3) is 5.52. The summed E-state index contributed by atoms with van der Waals surface area (Å²) >= 11 is 0. The van der Waals surface area contributed by atoms with Gasteiger partial charge in [0.05, 0.1) is 25.2 Å². The van der Waals surface area contributed by atoms with E-state index in [2.05, 4.69) is 10.6 Å². The van der Waals surface area contributed by atoms with E-state index in [4.69, 9.17) is 9.47 Å². The van der Waals surface area contributed by atoms with Crippen LogP contribution in [0.4, 0.5) is 17.6 Å². The smallest absolute Gasteiger partial charge is 0.391 e. The lowest BCUT2D eigenvalue weighted by Crippen LogP contribution is -2.40. The van der Waals surface area contributed by atoms with E-state index < -0.39 is 24.0 Å². The maximum Gasteiger partial charge on any atom is 0.391 e. The lowest BCUT2D eigenvalue weighted by Gasteiger charge is -2.30. The highest BCUT2D eigenvalue weighted by molar-refractivity contribution is 5.82. The molecule has 0 radical (unpaired) electrons. The van der Waals surface area contributed by atoms with Crippen LogP contribution in [0.5, 0.6) is 11.5 Å². The molecule has 0 unspecified atom stereocenters. The van der Waals surface area contributed by atoms with Crippen LogP contribution in [-0.2, 0) is 11.3 Å². The summed E-state index contributed by atoms with van der Waals surface area (Å²) in [7, 11) is 1.43. The highest BCUT2D eigenvalue weighted by Crippen LogP contribution is 2.39. The number of amides is 1. The summed E-state index contributed by atoms with van der Waals surface area (Å²) < 4.78 is 63.8. The van der Waals surface area contributed by atoms with Gasteiger partial charge in [0.1, 0.15) is 5.75 Å². The van der Waals surface area contributed by atoms with Crippen LogP contribution in [0, 0.1) is 11.7 Å². The van der Waals surface area contributed by atoms with Gasteiger partial charge >= 0.3 is 6.18 Å². The normalized spacial score (nSPS) is 24.9. The zero-order valence-corrected chi connectivity index (χ0v) is 16.3. The molecule has 0 aromatic heterocycles. The second-order valence-electron chi connectivity index (χ2n) is 7.59. The Balaban J connectivity index is 1.60. The Labute approximate surface area is 167 Å². The molecule has 1 amide bonds.